The van der Waals surface area contributed by atoms with Crippen LogP contribution in [0.15, 0.2) is 0 Å². The van der Waals surface area contributed by atoms with Crippen molar-refractivity contribution in [2.45, 2.75) is 58.0 Å². The molecule has 21 heavy (non-hydrogen) atoms. The predicted molar refractivity (Wildman–Crippen MR) is 87.6 cm³/mol. The second-order valence-corrected chi connectivity index (χ2v) is 7.84. The topological polar surface area (TPSA) is 70.4 Å². The molecule has 114 valence electrons. The van der Waals surface area contributed by atoms with E-state index in [1.54, 1.807) is 0 Å². The average molecular weight is 401 g/mol. The third kappa shape index (κ3) is 2.38. The lowest BCUT2D eigenvalue weighted by Crippen LogP contribution is -2.38. The van der Waals surface area contributed by atoms with E-state index < -0.39 is 12.1 Å². The molecule has 0 unspecified atom stereocenters. The van der Waals surface area contributed by atoms with Gasteiger partial charge in [-0.3, -0.25) is 4.98 Å². The van der Waals surface area contributed by atoms with Crippen LogP contribution in [0.25, 0.3) is 0 Å². The van der Waals surface area contributed by atoms with E-state index in [2.05, 4.69) is 27.6 Å². The smallest absolute Gasteiger partial charge is 0.338 e. The van der Waals surface area contributed by atoms with Gasteiger partial charge in [0.2, 0.25) is 0 Å². The van der Waals surface area contributed by atoms with Crippen molar-refractivity contribution in [3.05, 3.63) is 26.1 Å². The van der Waals surface area contributed by atoms with Gasteiger partial charge in [0, 0.05) is 14.8 Å². The maximum Gasteiger partial charge on any atom is 0.338 e. The van der Waals surface area contributed by atoms with Crippen LogP contribution >= 0.6 is 22.6 Å². The van der Waals surface area contributed by atoms with Crippen LogP contribution in [0.5, 0.6) is 0 Å². The first-order valence-corrected chi connectivity index (χ1v) is 8.56. The highest BCUT2D eigenvalue weighted by Crippen LogP contribution is 2.54. The van der Waals surface area contributed by atoms with E-state index in [4.69, 9.17) is 0 Å². The Hall–Kier alpha value is -0.690. The number of aromatic carboxylic acids is 1. The fraction of sp³-hybridized carbons (Fsp3) is 0.625. The van der Waals surface area contributed by atoms with Gasteiger partial charge in [0.25, 0.3) is 0 Å². The van der Waals surface area contributed by atoms with E-state index in [1.165, 1.54) is 6.42 Å². The molecule has 2 aliphatic carbocycles. The standard InChI is InChI=1S/C16H20INO3/c1-8(2)14-12(15(20)21)13(17)11-9(18-14)6-16(4-3-5-16)7-10(11)19/h8,10,19H,3-7H2,1-2H3,(H,20,21)/t10-/m0/s1. The van der Waals surface area contributed by atoms with Crippen LogP contribution in [-0.4, -0.2) is 21.2 Å². The Bertz CT molecular complexity index is 608. The number of nitrogens with zero attached hydrogens (tertiary/aromatic N) is 1. The summed E-state index contributed by atoms with van der Waals surface area (Å²) in [7, 11) is 0. The molecule has 1 atom stereocenters. The lowest BCUT2D eigenvalue weighted by Gasteiger charge is -2.47. The Labute approximate surface area is 138 Å². The van der Waals surface area contributed by atoms with Gasteiger partial charge in [0.15, 0.2) is 0 Å². The second kappa shape index (κ2) is 5.19. The van der Waals surface area contributed by atoms with E-state index in [0.29, 0.717) is 9.26 Å². The van der Waals surface area contributed by atoms with Crippen molar-refractivity contribution in [3.8, 4) is 0 Å². The number of fused-ring (bicyclic) bond motifs is 1. The molecule has 2 aliphatic rings. The Morgan fingerprint density at radius 2 is 2.10 bits per heavy atom. The Kier molecular flexibility index (Phi) is 3.76. The van der Waals surface area contributed by atoms with Crippen LogP contribution in [0, 0.1) is 8.99 Å². The molecule has 4 nitrogen and oxygen atoms in total. The number of pyridine rings is 1. The summed E-state index contributed by atoms with van der Waals surface area (Å²) in [5, 5.41) is 20.1. The first kappa shape index (κ1) is 15.2. The Morgan fingerprint density at radius 1 is 1.43 bits per heavy atom. The van der Waals surface area contributed by atoms with Crippen LogP contribution in [0.4, 0.5) is 0 Å². The predicted octanol–water partition coefficient (Wildman–Crippen LogP) is 3.66. The number of halogens is 1. The lowest BCUT2D eigenvalue weighted by atomic mass is 9.60. The molecule has 1 fully saturated rings. The number of carbonyl (C=O) groups is 1. The summed E-state index contributed by atoms with van der Waals surface area (Å²) >= 11 is 2.07. The summed E-state index contributed by atoms with van der Waals surface area (Å²) in [6, 6.07) is 0. The highest BCUT2D eigenvalue weighted by Gasteiger charge is 2.45. The molecule has 2 N–H and O–H groups in total. The zero-order chi connectivity index (χ0) is 15.4. The molecule has 0 radical (unpaired) electrons. The number of carboxylic acids is 1. The third-order valence-electron chi connectivity index (χ3n) is 4.96. The molecular weight excluding hydrogens is 381 g/mol. The van der Waals surface area contributed by atoms with E-state index >= 15 is 0 Å². The summed E-state index contributed by atoms with van der Waals surface area (Å²) in [5.41, 5.74) is 2.81. The van der Waals surface area contributed by atoms with Gasteiger partial charge in [-0.25, -0.2) is 4.79 Å². The van der Waals surface area contributed by atoms with E-state index in [1.807, 2.05) is 13.8 Å². The van der Waals surface area contributed by atoms with Crippen molar-refractivity contribution in [2.24, 2.45) is 5.41 Å². The summed E-state index contributed by atoms with van der Waals surface area (Å²) in [6.07, 6.45) is 4.59. The number of carboxylic acid groups (broad SMARTS) is 1. The molecule has 1 aromatic rings. The number of rotatable bonds is 2. The molecule has 3 rings (SSSR count). The maximum atomic E-state index is 11.6. The molecule has 0 aromatic carbocycles. The normalized spacial score (nSPS) is 23.0. The van der Waals surface area contributed by atoms with Gasteiger partial charge in [0.1, 0.15) is 0 Å². The number of aliphatic hydroxyl groups excluding tert-OH is 1. The van der Waals surface area contributed by atoms with Crippen LogP contribution in [0.3, 0.4) is 0 Å². The maximum absolute atomic E-state index is 11.6. The molecule has 1 aromatic heterocycles. The van der Waals surface area contributed by atoms with Gasteiger partial charge in [-0.2, -0.15) is 0 Å². The van der Waals surface area contributed by atoms with E-state index in [0.717, 1.165) is 36.9 Å². The molecule has 0 aliphatic heterocycles. The monoisotopic (exact) mass is 401 g/mol. The highest BCUT2D eigenvalue weighted by molar-refractivity contribution is 14.1. The fourth-order valence-corrected chi connectivity index (χ4v) is 4.90. The van der Waals surface area contributed by atoms with Gasteiger partial charge < -0.3 is 10.2 Å². The summed E-state index contributed by atoms with van der Waals surface area (Å²) < 4.78 is 0.676. The first-order chi connectivity index (χ1) is 9.84. The number of hydrogen-bond acceptors (Lipinski definition) is 3. The molecule has 0 saturated heterocycles. The van der Waals surface area contributed by atoms with Gasteiger partial charge >= 0.3 is 5.97 Å². The van der Waals surface area contributed by atoms with Crippen molar-refractivity contribution in [2.75, 3.05) is 0 Å². The van der Waals surface area contributed by atoms with Crippen molar-refractivity contribution in [1.29, 1.82) is 0 Å². The molecule has 5 heteroatoms. The molecule has 1 spiro atoms. The SMILES string of the molecule is CC(C)c1nc2c(c(I)c1C(=O)O)[C@@H](O)CC1(CCC1)C2. The number of hydrogen-bond donors (Lipinski definition) is 2. The molecule has 0 bridgehead atoms. The van der Waals surface area contributed by atoms with Gasteiger partial charge in [-0.05, 0) is 59.6 Å². The molecule has 1 heterocycles. The van der Waals surface area contributed by atoms with E-state index in [9.17, 15) is 15.0 Å². The minimum absolute atomic E-state index is 0.0614. The highest BCUT2D eigenvalue weighted by atomic mass is 127. The zero-order valence-corrected chi connectivity index (χ0v) is 14.5. The molecule has 1 saturated carbocycles. The third-order valence-corrected chi connectivity index (χ3v) is 6.08. The number of aliphatic hydroxyl groups is 1. The minimum Gasteiger partial charge on any atom is -0.478 e. The second-order valence-electron chi connectivity index (χ2n) is 6.76. The van der Waals surface area contributed by atoms with Crippen molar-refractivity contribution < 1.29 is 15.0 Å². The zero-order valence-electron chi connectivity index (χ0n) is 12.3. The van der Waals surface area contributed by atoms with Crippen LogP contribution in [0.2, 0.25) is 0 Å². The summed E-state index contributed by atoms with van der Waals surface area (Å²) in [5.74, 6) is -0.888. The summed E-state index contributed by atoms with van der Waals surface area (Å²) in [4.78, 5) is 16.3. The van der Waals surface area contributed by atoms with E-state index in [-0.39, 0.29) is 16.9 Å². The molecule has 0 amide bonds. The summed E-state index contributed by atoms with van der Waals surface area (Å²) in [6.45, 7) is 3.94. The Morgan fingerprint density at radius 3 is 2.57 bits per heavy atom. The van der Waals surface area contributed by atoms with Crippen LogP contribution in [-0.2, 0) is 6.42 Å². The first-order valence-electron chi connectivity index (χ1n) is 7.48. The van der Waals surface area contributed by atoms with Crippen molar-refractivity contribution >= 4 is 28.6 Å². The Balaban J connectivity index is 2.18. The largest absolute Gasteiger partial charge is 0.478 e. The van der Waals surface area contributed by atoms with Crippen molar-refractivity contribution in [3.63, 3.8) is 0 Å². The lowest BCUT2D eigenvalue weighted by molar-refractivity contribution is 0.0237. The van der Waals surface area contributed by atoms with Gasteiger partial charge in [-0.1, -0.05) is 20.3 Å². The van der Waals surface area contributed by atoms with Crippen molar-refractivity contribution in [1.82, 2.24) is 4.98 Å². The quantitative estimate of drug-likeness (QED) is 0.743. The minimum atomic E-state index is -0.950. The fourth-order valence-electron chi connectivity index (χ4n) is 3.73. The number of aromatic nitrogens is 1. The van der Waals surface area contributed by atoms with Gasteiger partial charge in [0.05, 0.1) is 17.4 Å². The van der Waals surface area contributed by atoms with Gasteiger partial charge in [-0.15, -0.1) is 0 Å². The van der Waals surface area contributed by atoms with Crippen LogP contribution < -0.4 is 0 Å². The van der Waals surface area contributed by atoms with Crippen LogP contribution in [0.1, 0.15) is 78.9 Å². The molecular formula is C16H20INO3. The average Bonchev–Trinajstić information content (AvgIpc) is 2.34.